The third-order valence-electron chi connectivity index (χ3n) is 1.80. The Bertz CT molecular complexity index is 244. The highest BCUT2D eigenvalue weighted by Crippen LogP contribution is 2.23. The molecule has 2 rings (SSSR count). The van der Waals surface area contributed by atoms with Crippen molar-refractivity contribution < 1.29 is 0 Å². The van der Waals surface area contributed by atoms with Crippen molar-refractivity contribution in [3.63, 3.8) is 0 Å². The lowest BCUT2D eigenvalue weighted by Crippen LogP contribution is -1.87. The molecule has 0 unspecified atom stereocenters. The van der Waals surface area contributed by atoms with Crippen LogP contribution in [0.5, 0.6) is 0 Å². The first kappa shape index (κ1) is 9.77. The minimum atomic E-state index is 0.946. The van der Waals surface area contributed by atoms with Crippen LogP contribution in [0.1, 0.15) is 0 Å². The summed E-state index contributed by atoms with van der Waals surface area (Å²) >= 11 is 0. The van der Waals surface area contributed by atoms with Gasteiger partial charge >= 0.3 is 0 Å². The molecule has 2 saturated carbocycles. The second kappa shape index (κ2) is 5.20. The quantitative estimate of drug-likeness (QED) is 0.430. The first-order valence-corrected chi connectivity index (χ1v) is 4.43. The lowest BCUT2D eigenvalue weighted by atomic mass is 10.1. The van der Waals surface area contributed by atoms with Crippen LogP contribution in [0.3, 0.4) is 0 Å². The van der Waals surface area contributed by atoms with Gasteiger partial charge in [-0.3, -0.25) is 4.99 Å². The molecular weight excluding hydrogens is 170 g/mol. The van der Waals surface area contributed by atoms with Gasteiger partial charge in [-0.25, -0.2) is 0 Å². The molecule has 0 aromatic carbocycles. The van der Waals surface area contributed by atoms with Crippen molar-refractivity contribution >= 4 is 6.21 Å². The maximum absolute atomic E-state index is 4.17. The highest BCUT2D eigenvalue weighted by atomic mass is 14.8. The second-order valence-electron chi connectivity index (χ2n) is 2.84. The van der Waals surface area contributed by atoms with E-state index in [2.05, 4.69) is 16.8 Å². The van der Waals surface area contributed by atoms with Crippen molar-refractivity contribution in [2.75, 3.05) is 0 Å². The summed E-state index contributed by atoms with van der Waals surface area (Å²) in [4.78, 5) is 4.17. The van der Waals surface area contributed by atoms with E-state index in [-0.39, 0.29) is 0 Å². The van der Waals surface area contributed by atoms with E-state index in [9.17, 15) is 0 Å². The number of aliphatic imine (C=N–C) groups is 1. The zero-order chi connectivity index (χ0) is 9.64. The minimum Gasteiger partial charge on any atom is -0.274 e. The molecule has 1 heteroatoms. The van der Waals surface area contributed by atoms with Crippen LogP contribution < -0.4 is 0 Å². The Kier molecular flexibility index (Phi) is 3.63. The fourth-order valence-electron chi connectivity index (χ4n) is 1.13. The first-order valence-electron chi connectivity index (χ1n) is 4.43. The van der Waals surface area contributed by atoms with Crippen molar-refractivity contribution in [3.05, 3.63) is 63.3 Å². The van der Waals surface area contributed by atoms with Crippen LogP contribution in [0.4, 0.5) is 0 Å². The zero-order valence-electron chi connectivity index (χ0n) is 7.64. The van der Waals surface area contributed by atoms with E-state index in [1.54, 1.807) is 6.21 Å². The molecule has 2 aliphatic carbocycles. The predicted molar refractivity (Wildman–Crippen MR) is 57.2 cm³/mol. The van der Waals surface area contributed by atoms with Gasteiger partial charge in [-0.05, 0) is 51.4 Å². The molecule has 0 spiro atoms. The number of rotatable bonds is 1. The Balaban J connectivity index is 1.73. The number of hydrogen-bond donors (Lipinski definition) is 0. The summed E-state index contributed by atoms with van der Waals surface area (Å²) in [6.45, 7) is 0. The van der Waals surface area contributed by atoms with Gasteiger partial charge in [0, 0.05) is 0 Å². The van der Waals surface area contributed by atoms with Gasteiger partial charge in [-0.1, -0.05) is 11.8 Å². The van der Waals surface area contributed by atoms with Crippen LogP contribution >= 0.6 is 0 Å². The molecular formula is C13H9N. The zero-order valence-corrected chi connectivity index (χ0v) is 7.64. The Morgan fingerprint density at radius 3 is 2.29 bits per heavy atom. The standard InChI is InChI=1S/C13H9N/c1-2-7-12(6-1)8-5-11-14-13-9-3-4-10-13/h1-4,6-7,9-11H. The van der Waals surface area contributed by atoms with Crippen molar-refractivity contribution in [3.8, 4) is 11.8 Å². The maximum atomic E-state index is 4.17. The highest BCUT2D eigenvalue weighted by Gasteiger charge is 2.15. The molecule has 0 saturated heterocycles. The molecule has 0 amide bonds. The average Bonchev–Trinajstić information content (AvgIpc) is 2.86. The molecule has 0 bridgehead atoms. The summed E-state index contributed by atoms with van der Waals surface area (Å²) < 4.78 is 0. The third-order valence-corrected chi connectivity index (χ3v) is 1.80. The van der Waals surface area contributed by atoms with E-state index >= 15 is 0 Å². The number of nitrogens with zero attached hydrogens (tertiary/aromatic N) is 1. The molecule has 66 valence electrons. The van der Waals surface area contributed by atoms with Crippen molar-refractivity contribution in [1.82, 2.24) is 0 Å². The molecule has 10 radical (unpaired) electrons. The van der Waals surface area contributed by atoms with Gasteiger partial charge < -0.3 is 0 Å². The van der Waals surface area contributed by atoms with E-state index in [0.717, 1.165) is 12.0 Å². The lowest BCUT2D eigenvalue weighted by molar-refractivity contribution is 1.18. The van der Waals surface area contributed by atoms with Crippen LogP contribution in [-0.4, -0.2) is 6.21 Å². The molecule has 0 aliphatic heterocycles. The smallest absolute Gasteiger partial charge is 0.0941 e. The Labute approximate surface area is 87.0 Å². The molecule has 0 aromatic heterocycles. The largest absolute Gasteiger partial charge is 0.274 e. The monoisotopic (exact) mass is 179 g/mol. The topological polar surface area (TPSA) is 12.4 Å². The van der Waals surface area contributed by atoms with Crippen molar-refractivity contribution in [1.29, 1.82) is 0 Å². The minimum absolute atomic E-state index is 0.946. The summed E-state index contributed by atoms with van der Waals surface area (Å²) in [6.07, 6.45) is 17.3. The van der Waals surface area contributed by atoms with Gasteiger partial charge in [0.2, 0.25) is 0 Å². The van der Waals surface area contributed by atoms with Crippen LogP contribution in [0, 0.1) is 75.2 Å². The van der Waals surface area contributed by atoms with Gasteiger partial charge in [-0.2, -0.15) is 0 Å². The predicted octanol–water partition coefficient (Wildman–Crippen LogP) is 1.83. The fraction of sp³-hybridized carbons (Fsp3) is 0. The molecule has 14 heavy (non-hydrogen) atoms. The van der Waals surface area contributed by atoms with Crippen LogP contribution in [0.2, 0.25) is 0 Å². The SMILES string of the molecule is C(#C[C]1[CH][CH][CH][CH]1)C=N[C]1[CH][CH][CH][CH]1. The summed E-state index contributed by atoms with van der Waals surface area (Å²) in [6, 6.07) is 0.946. The van der Waals surface area contributed by atoms with E-state index in [4.69, 9.17) is 0 Å². The van der Waals surface area contributed by atoms with Crippen molar-refractivity contribution in [2.45, 2.75) is 0 Å². The summed E-state index contributed by atoms with van der Waals surface area (Å²) in [5.41, 5.74) is 0. The van der Waals surface area contributed by atoms with E-state index in [1.165, 1.54) is 0 Å². The summed E-state index contributed by atoms with van der Waals surface area (Å²) in [7, 11) is 0. The van der Waals surface area contributed by atoms with Gasteiger partial charge in [0.15, 0.2) is 0 Å². The maximum Gasteiger partial charge on any atom is 0.0941 e. The Morgan fingerprint density at radius 1 is 0.929 bits per heavy atom. The fourth-order valence-corrected chi connectivity index (χ4v) is 1.13. The molecule has 0 heterocycles. The highest BCUT2D eigenvalue weighted by molar-refractivity contribution is 5.80. The van der Waals surface area contributed by atoms with Gasteiger partial charge in [0.1, 0.15) is 0 Å². The van der Waals surface area contributed by atoms with E-state index < -0.39 is 0 Å². The number of hydrogen-bond acceptors (Lipinski definition) is 1. The third kappa shape index (κ3) is 2.87. The van der Waals surface area contributed by atoms with Crippen LogP contribution in [0.15, 0.2) is 4.99 Å². The van der Waals surface area contributed by atoms with Crippen LogP contribution in [-0.2, 0) is 0 Å². The molecule has 2 aliphatic rings. The Hall–Kier alpha value is -0.770. The van der Waals surface area contributed by atoms with Gasteiger partial charge in [0.05, 0.1) is 18.2 Å². The Morgan fingerprint density at radius 2 is 1.57 bits per heavy atom. The van der Waals surface area contributed by atoms with Gasteiger partial charge in [0.25, 0.3) is 0 Å². The van der Waals surface area contributed by atoms with E-state index in [1.807, 2.05) is 51.4 Å². The van der Waals surface area contributed by atoms with E-state index in [0.29, 0.717) is 0 Å². The first-order chi connectivity index (χ1) is 6.95. The molecule has 2 fully saturated rings. The second-order valence-corrected chi connectivity index (χ2v) is 2.84. The summed E-state index contributed by atoms with van der Waals surface area (Å²) in [5.74, 6) is 6.90. The lowest BCUT2D eigenvalue weighted by Gasteiger charge is -1.95. The molecule has 0 aromatic rings. The summed E-state index contributed by atoms with van der Waals surface area (Å²) in [5, 5.41) is 0. The van der Waals surface area contributed by atoms with Gasteiger partial charge in [-0.15, -0.1) is 0 Å². The van der Waals surface area contributed by atoms with Crippen molar-refractivity contribution in [2.24, 2.45) is 4.99 Å². The van der Waals surface area contributed by atoms with Crippen LogP contribution in [0.25, 0.3) is 0 Å². The average molecular weight is 179 g/mol. The normalized spacial score (nSPS) is 24.3. The molecule has 0 N–H and O–H groups in total. The molecule has 1 nitrogen and oxygen atoms in total. The molecule has 0 atom stereocenters.